The number of carbonyl (C=O) groups excluding carboxylic acids is 2. The van der Waals surface area contributed by atoms with Gasteiger partial charge in [-0.1, -0.05) is 43.3 Å². The first-order valence-electron chi connectivity index (χ1n) is 8.90. The highest BCUT2D eigenvalue weighted by atomic mass is 32.2. The highest BCUT2D eigenvalue weighted by Crippen LogP contribution is 2.14. The van der Waals surface area contributed by atoms with Gasteiger partial charge in [-0.2, -0.15) is 0 Å². The van der Waals surface area contributed by atoms with Gasteiger partial charge in [-0.05, 0) is 37.6 Å². The van der Waals surface area contributed by atoms with E-state index in [1.807, 2.05) is 37.3 Å². The molecule has 0 fully saturated rings. The van der Waals surface area contributed by atoms with E-state index in [9.17, 15) is 18.0 Å². The zero-order chi connectivity index (χ0) is 20.7. The van der Waals surface area contributed by atoms with E-state index in [1.165, 1.54) is 31.2 Å². The maximum atomic E-state index is 12.3. The first-order chi connectivity index (χ1) is 13.2. The molecule has 0 heterocycles. The van der Waals surface area contributed by atoms with E-state index in [2.05, 4.69) is 10.0 Å². The van der Waals surface area contributed by atoms with Gasteiger partial charge >= 0.3 is 5.97 Å². The van der Waals surface area contributed by atoms with Crippen LogP contribution in [-0.2, 0) is 19.6 Å². The Morgan fingerprint density at radius 1 is 1.04 bits per heavy atom. The maximum absolute atomic E-state index is 12.3. The molecule has 1 amide bonds. The molecule has 0 bridgehead atoms. The first kappa shape index (κ1) is 21.6. The molecule has 2 atom stereocenters. The third-order valence-electron chi connectivity index (χ3n) is 4.03. The zero-order valence-electron chi connectivity index (χ0n) is 16.0. The molecule has 2 rings (SSSR count). The average Bonchev–Trinajstić information content (AvgIpc) is 2.68. The number of esters is 1. The van der Waals surface area contributed by atoms with Gasteiger partial charge in [-0.3, -0.25) is 4.79 Å². The second-order valence-corrected chi connectivity index (χ2v) is 7.98. The van der Waals surface area contributed by atoms with Crippen molar-refractivity contribution in [1.82, 2.24) is 10.0 Å². The van der Waals surface area contributed by atoms with Crippen LogP contribution in [0.3, 0.4) is 0 Å². The maximum Gasteiger partial charge on any atom is 0.338 e. The number of carbonyl (C=O) groups is 2. The monoisotopic (exact) mass is 404 g/mol. The molecule has 2 unspecified atom stereocenters. The second-order valence-electron chi connectivity index (χ2n) is 6.22. The Morgan fingerprint density at radius 2 is 1.71 bits per heavy atom. The SMILES string of the molecule is CCNS(=O)(=O)c1cccc(C(=O)OC(C)C(=O)NC(C)c2ccccc2)c1. The molecule has 0 saturated carbocycles. The molecule has 0 aliphatic heterocycles. The fourth-order valence-electron chi connectivity index (χ4n) is 2.50. The normalized spacial score (nSPS) is 13.4. The van der Waals surface area contributed by atoms with Crippen LogP contribution in [0.4, 0.5) is 0 Å². The van der Waals surface area contributed by atoms with E-state index in [1.54, 1.807) is 6.92 Å². The highest BCUT2D eigenvalue weighted by molar-refractivity contribution is 7.89. The van der Waals surface area contributed by atoms with Crippen molar-refractivity contribution in [2.75, 3.05) is 6.54 Å². The van der Waals surface area contributed by atoms with Gasteiger partial charge < -0.3 is 10.1 Å². The van der Waals surface area contributed by atoms with Gasteiger partial charge in [0.1, 0.15) is 0 Å². The van der Waals surface area contributed by atoms with Gasteiger partial charge in [0.25, 0.3) is 5.91 Å². The van der Waals surface area contributed by atoms with Crippen LogP contribution >= 0.6 is 0 Å². The van der Waals surface area contributed by atoms with Crippen LogP contribution in [0.5, 0.6) is 0 Å². The molecule has 0 radical (unpaired) electrons. The number of hydrogen-bond donors (Lipinski definition) is 2. The van der Waals surface area contributed by atoms with Crippen LogP contribution in [0.25, 0.3) is 0 Å². The standard InChI is InChI=1S/C20H24N2O5S/c1-4-21-28(25,26)18-12-8-11-17(13-18)20(24)27-15(3)19(23)22-14(2)16-9-6-5-7-10-16/h5-15,21H,4H2,1-3H3,(H,22,23). The van der Waals surface area contributed by atoms with E-state index < -0.39 is 28.0 Å². The van der Waals surface area contributed by atoms with Crippen LogP contribution in [0.15, 0.2) is 59.5 Å². The lowest BCUT2D eigenvalue weighted by Crippen LogP contribution is -2.37. The minimum atomic E-state index is -3.69. The van der Waals surface area contributed by atoms with Gasteiger partial charge in [0.15, 0.2) is 6.10 Å². The Bertz CT molecular complexity index is 929. The van der Waals surface area contributed by atoms with Crippen molar-refractivity contribution in [3.05, 3.63) is 65.7 Å². The molecule has 0 spiro atoms. The lowest BCUT2D eigenvalue weighted by molar-refractivity contribution is -0.129. The number of amides is 1. The lowest BCUT2D eigenvalue weighted by Gasteiger charge is -2.18. The van der Waals surface area contributed by atoms with E-state index in [4.69, 9.17) is 4.74 Å². The predicted octanol–water partition coefficient (Wildman–Crippen LogP) is 2.41. The molecule has 0 aromatic heterocycles. The molecule has 2 N–H and O–H groups in total. The molecule has 0 aliphatic carbocycles. The van der Waals surface area contributed by atoms with E-state index in [0.717, 1.165) is 5.56 Å². The number of benzene rings is 2. The van der Waals surface area contributed by atoms with Crippen LogP contribution in [0, 0.1) is 0 Å². The predicted molar refractivity (Wildman–Crippen MR) is 105 cm³/mol. The number of nitrogens with one attached hydrogen (secondary N) is 2. The van der Waals surface area contributed by atoms with Crippen molar-refractivity contribution in [3.8, 4) is 0 Å². The lowest BCUT2D eigenvalue weighted by atomic mass is 10.1. The summed E-state index contributed by atoms with van der Waals surface area (Å²) in [4.78, 5) is 24.6. The zero-order valence-corrected chi connectivity index (χ0v) is 16.8. The largest absolute Gasteiger partial charge is 0.449 e. The third-order valence-corrected chi connectivity index (χ3v) is 5.57. The fraction of sp³-hybridized carbons (Fsp3) is 0.300. The molecule has 2 aromatic rings. The minimum absolute atomic E-state index is 0.0430. The van der Waals surface area contributed by atoms with Crippen molar-refractivity contribution in [1.29, 1.82) is 0 Å². The summed E-state index contributed by atoms with van der Waals surface area (Å²) in [6.45, 7) is 5.18. The molecule has 2 aromatic carbocycles. The van der Waals surface area contributed by atoms with Crippen LogP contribution in [-0.4, -0.2) is 32.9 Å². The smallest absolute Gasteiger partial charge is 0.338 e. The number of sulfonamides is 1. The molecule has 0 saturated heterocycles. The topological polar surface area (TPSA) is 102 Å². The minimum Gasteiger partial charge on any atom is -0.449 e. The summed E-state index contributed by atoms with van der Waals surface area (Å²) >= 11 is 0. The number of ether oxygens (including phenoxy) is 1. The quantitative estimate of drug-likeness (QED) is 0.658. The number of rotatable bonds is 8. The summed E-state index contributed by atoms with van der Waals surface area (Å²) in [7, 11) is -3.69. The summed E-state index contributed by atoms with van der Waals surface area (Å²) in [5, 5.41) is 2.78. The van der Waals surface area contributed by atoms with E-state index in [-0.39, 0.29) is 23.0 Å². The molecule has 150 valence electrons. The molecule has 28 heavy (non-hydrogen) atoms. The summed E-state index contributed by atoms with van der Waals surface area (Å²) in [6, 6.07) is 14.6. The Labute approximate surface area is 165 Å². The van der Waals surface area contributed by atoms with Crippen molar-refractivity contribution >= 4 is 21.9 Å². The molecular formula is C20H24N2O5S. The number of hydrogen-bond acceptors (Lipinski definition) is 5. The van der Waals surface area contributed by atoms with Crippen molar-refractivity contribution in [2.24, 2.45) is 0 Å². The Balaban J connectivity index is 2.03. The van der Waals surface area contributed by atoms with Crippen LogP contribution < -0.4 is 10.0 Å². The van der Waals surface area contributed by atoms with Gasteiger partial charge in [-0.25, -0.2) is 17.9 Å². The van der Waals surface area contributed by atoms with Gasteiger partial charge in [0.2, 0.25) is 10.0 Å². The molecule has 0 aliphatic rings. The van der Waals surface area contributed by atoms with E-state index in [0.29, 0.717) is 0 Å². The van der Waals surface area contributed by atoms with Crippen molar-refractivity contribution < 1.29 is 22.7 Å². The van der Waals surface area contributed by atoms with Gasteiger partial charge in [0.05, 0.1) is 16.5 Å². The average molecular weight is 404 g/mol. The summed E-state index contributed by atoms with van der Waals surface area (Å²) in [5.74, 6) is -1.22. The molecule has 7 nitrogen and oxygen atoms in total. The first-order valence-corrected chi connectivity index (χ1v) is 10.4. The Hall–Kier alpha value is -2.71. The fourth-order valence-corrected chi connectivity index (χ4v) is 3.59. The summed E-state index contributed by atoms with van der Waals surface area (Å²) < 4.78 is 31.7. The Morgan fingerprint density at radius 3 is 2.36 bits per heavy atom. The van der Waals surface area contributed by atoms with Crippen molar-refractivity contribution in [3.63, 3.8) is 0 Å². The highest BCUT2D eigenvalue weighted by Gasteiger charge is 2.22. The molecule has 8 heteroatoms. The van der Waals surface area contributed by atoms with Gasteiger partial charge in [0, 0.05) is 6.54 Å². The Kier molecular flexibility index (Phi) is 7.31. The third kappa shape index (κ3) is 5.64. The molecular weight excluding hydrogens is 380 g/mol. The van der Waals surface area contributed by atoms with Gasteiger partial charge in [-0.15, -0.1) is 0 Å². The summed E-state index contributed by atoms with van der Waals surface area (Å²) in [5.41, 5.74) is 0.977. The van der Waals surface area contributed by atoms with Crippen LogP contribution in [0.2, 0.25) is 0 Å². The van der Waals surface area contributed by atoms with Crippen LogP contribution in [0.1, 0.15) is 42.7 Å². The van der Waals surface area contributed by atoms with E-state index >= 15 is 0 Å². The second kappa shape index (κ2) is 9.48. The summed E-state index contributed by atoms with van der Waals surface area (Å²) in [6.07, 6.45) is -1.03. The van der Waals surface area contributed by atoms with Crippen molar-refractivity contribution in [2.45, 2.75) is 37.8 Å².